The monoisotopic (exact) mass is 298 g/mol. The summed E-state index contributed by atoms with van der Waals surface area (Å²) in [7, 11) is 0. The van der Waals surface area contributed by atoms with E-state index in [1.807, 2.05) is 56.3 Å². The maximum Gasteiger partial charge on any atom is 0.319 e. The summed E-state index contributed by atoms with van der Waals surface area (Å²) in [6, 6.07) is 15.5. The first-order valence-corrected chi connectivity index (χ1v) is 7.45. The van der Waals surface area contributed by atoms with Crippen molar-refractivity contribution in [1.29, 1.82) is 0 Å². The number of urea groups is 1. The normalized spacial score (nSPS) is 10.3. The van der Waals surface area contributed by atoms with Gasteiger partial charge in [0.2, 0.25) is 0 Å². The van der Waals surface area contributed by atoms with Gasteiger partial charge >= 0.3 is 6.03 Å². The largest absolute Gasteiger partial charge is 0.377 e. The lowest BCUT2D eigenvalue weighted by Crippen LogP contribution is -2.28. The number of hydrogen-bond acceptors (Lipinski definition) is 2. The van der Waals surface area contributed by atoms with Crippen LogP contribution in [0.3, 0.4) is 0 Å². The van der Waals surface area contributed by atoms with E-state index in [1.165, 1.54) is 5.56 Å². The molecule has 0 saturated heterocycles. The lowest BCUT2D eigenvalue weighted by atomic mass is 10.1. The predicted molar refractivity (Wildman–Crippen MR) is 88.8 cm³/mol. The Morgan fingerprint density at radius 2 is 1.95 bits per heavy atom. The zero-order valence-corrected chi connectivity index (χ0v) is 13.1. The molecule has 0 unspecified atom stereocenters. The van der Waals surface area contributed by atoms with Crippen LogP contribution in [0.25, 0.3) is 0 Å². The van der Waals surface area contributed by atoms with Crippen molar-refractivity contribution in [2.45, 2.75) is 27.0 Å². The Hall–Kier alpha value is -2.33. The van der Waals surface area contributed by atoms with Crippen molar-refractivity contribution in [3.8, 4) is 0 Å². The molecule has 2 aromatic carbocycles. The van der Waals surface area contributed by atoms with E-state index in [4.69, 9.17) is 4.74 Å². The number of para-hydroxylation sites is 1. The molecule has 2 rings (SSSR count). The van der Waals surface area contributed by atoms with Crippen molar-refractivity contribution in [1.82, 2.24) is 5.32 Å². The molecule has 0 aliphatic heterocycles. The number of amides is 2. The Morgan fingerprint density at radius 3 is 2.73 bits per heavy atom. The van der Waals surface area contributed by atoms with Crippen LogP contribution in [0, 0.1) is 6.92 Å². The summed E-state index contributed by atoms with van der Waals surface area (Å²) in [5.41, 5.74) is 4.01. The number of ether oxygens (including phenoxy) is 1. The molecule has 2 aromatic rings. The number of carbonyl (C=O) groups is 1. The van der Waals surface area contributed by atoms with Gasteiger partial charge in [0.1, 0.15) is 0 Å². The molecule has 22 heavy (non-hydrogen) atoms. The first-order chi connectivity index (χ1) is 10.7. The van der Waals surface area contributed by atoms with Crippen molar-refractivity contribution < 1.29 is 9.53 Å². The molecule has 0 bridgehead atoms. The van der Waals surface area contributed by atoms with Gasteiger partial charge in [-0.1, -0.05) is 48.0 Å². The highest BCUT2D eigenvalue weighted by Crippen LogP contribution is 2.16. The van der Waals surface area contributed by atoms with E-state index in [-0.39, 0.29) is 6.03 Å². The smallest absolute Gasteiger partial charge is 0.319 e. The standard InChI is InChI=1S/C18H22N2O2/c1-3-22-13-16-9-4-5-10-17(16)20-18(21)19-12-15-8-6-7-14(2)11-15/h4-11H,3,12-13H2,1-2H3,(H2,19,20,21). The minimum Gasteiger partial charge on any atom is -0.377 e. The van der Waals surface area contributed by atoms with E-state index >= 15 is 0 Å². The average Bonchev–Trinajstić information content (AvgIpc) is 2.52. The predicted octanol–water partition coefficient (Wildman–Crippen LogP) is 3.85. The first kappa shape index (κ1) is 16.0. The highest BCUT2D eigenvalue weighted by Gasteiger charge is 2.06. The molecule has 0 aromatic heterocycles. The Morgan fingerprint density at radius 1 is 1.14 bits per heavy atom. The minimum absolute atomic E-state index is 0.217. The topological polar surface area (TPSA) is 50.4 Å². The van der Waals surface area contributed by atoms with Crippen LogP contribution in [-0.2, 0) is 17.9 Å². The van der Waals surface area contributed by atoms with Gasteiger partial charge in [0.15, 0.2) is 0 Å². The summed E-state index contributed by atoms with van der Waals surface area (Å²) < 4.78 is 5.41. The third kappa shape index (κ3) is 4.90. The summed E-state index contributed by atoms with van der Waals surface area (Å²) in [5, 5.41) is 5.74. The van der Waals surface area contributed by atoms with Gasteiger partial charge in [0.25, 0.3) is 0 Å². The van der Waals surface area contributed by atoms with Gasteiger partial charge in [-0.2, -0.15) is 0 Å². The van der Waals surface area contributed by atoms with Crippen LogP contribution in [0.2, 0.25) is 0 Å². The molecular formula is C18H22N2O2. The van der Waals surface area contributed by atoms with Gasteiger partial charge < -0.3 is 15.4 Å². The lowest BCUT2D eigenvalue weighted by Gasteiger charge is -2.12. The van der Waals surface area contributed by atoms with Crippen molar-refractivity contribution >= 4 is 11.7 Å². The summed E-state index contributed by atoms with van der Waals surface area (Å²) in [6.45, 7) is 5.62. The van der Waals surface area contributed by atoms with E-state index in [2.05, 4.69) is 16.7 Å². The molecule has 0 atom stereocenters. The van der Waals surface area contributed by atoms with Gasteiger partial charge in [-0.05, 0) is 25.5 Å². The summed E-state index contributed by atoms with van der Waals surface area (Å²) in [4.78, 5) is 12.0. The maximum absolute atomic E-state index is 12.0. The van der Waals surface area contributed by atoms with Gasteiger partial charge in [0, 0.05) is 24.4 Å². The van der Waals surface area contributed by atoms with E-state index in [0.29, 0.717) is 19.8 Å². The Balaban J connectivity index is 1.92. The van der Waals surface area contributed by atoms with Crippen LogP contribution >= 0.6 is 0 Å². The first-order valence-electron chi connectivity index (χ1n) is 7.45. The van der Waals surface area contributed by atoms with Crippen LogP contribution < -0.4 is 10.6 Å². The van der Waals surface area contributed by atoms with Crippen LogP contribution in [-0.4, -0.2) is 12.6 Å². The van der Waals surface area contributed by atoms with Gasteiger partial charge in [0.05, 0.1) is 6.61 Å². The van der Waals surface area contributed by atoms with E-state index in [1.54, 1.807) is 0 Å². The fourth-order valence-electron chi connectivity index (χ4n) is 2.15. The minimum atomic E-state index is -0.217. The third-order valence-electron chi connectivity index (χ3n) is 3.26. The highest BCUT2D eigenvalue weighted by atomic mass is 16.5. The SMILES string of the molecule is CCOCc1ccccc1NC(=O)NCc1cccc(C)c1. The highest BCUT2D eigenvalue weighted by molar-refractivity contribution is 5.90. The van der Waals surface area contributed by atoms with Crippen LogP contribution in [0.5, 0.6) is 0 Å². The molecule has 0 aliphatic carbocycles. The van der Waals surface area contributed by atoms with Crippen molar-refractivity contribution in [2.75, 3.05) is 11.9 Å². The van der Waals surface area contributed by atoms with Crippen molar-refractivity contribution in [3.63, 3.8) is 0 Å². The van der Waals surface area contributed by atoms with Crippen LogP contribution in [0.1, 0.15) is 23.6 Å². The number of aryl methyl sites for hydroxylation is 1. The fourth-order valence-corrected chi connectivity index (χ4v) is 2.15. The number of nitrogens with one attached hydrogen (secondary N) is 2. The van der Waals surface area contributed by atoms with Gasteiger partial charge in [-0.25, -0.2) is 4.79 Å². The van der Waals surface area contributed by atoms with Crippen LogP contribution in [0.15, 0.2) is 48.5 Å². The average molecular weight is 298 g/mol. The Labute approximate surface area is 131 Å². The zero-order chi connectivity index (χ0) is 15.8. The summed E-state index contributed by atoms with van der Waals surface area (Å²) in [5.74, 6) is 0. The van der Waals surface area contributed by atoms with Crippen molar-refractivity contribution in [3.05, 3.63) is 65.2 Å². The maximum atomic E-state index is 12.0. The second kappa shape index (κ2) is 8.20. The Kier molecular flexibility index (Phi) is 5.98. The van der Waals surface area contributed by atoms with E-state index < -0.39 is 0 Å². The van der Waals surface area contributed by atoms with Crippen molar-refractivity contribution in [2.24, 2.45) is 0 Å². The molecule has 0 heterocycles. The number of anilines is 1. The number of rotatable bonds is 6. The lowest BCUT2D eigenvalue weighted by molar-refractivity contribution is 0.134. The number of carbonyl (C=O) groups excluding carboxylic acids is 1. The summed E-state index contributed by atoms with van der Waals surface area (Å²) >= 11 is 0. The fraction of sp³-hybridized carbons (Fsp3) is 0.278. The molecule has 116 valence electrons. The molecule has 0 fully saturated rings. The van der Waals surface area contributed by atoms with E-state index in [0.717, 1.165) is 16.8 Å². The number of hydrogen-bond donors (Lipinski definition) is 2. The molecule has 2 N–H and O–H groups in total. The number of benzene rings is 2. The summed E-state index contributed by atoms with van der Waals surface area (Å²) in [6.07, 6.45) is 0. The third-order valence-corrected chi connectivity index (χ3v) is 3.26. The molecular weight excluding hydrogens is 276 g/mol. The van der Waals surface area contributed by atoms with Gasteiger partial charge in [-0.15, -0.1) is 0 Å². The zero-order valence-electron chi connectivity index (χ0n) is 13.1. The second-order valence-electron chi connectivity index (χ2n) is 5.09. The molecule has 0 spiro atoms. The molecule has 4 heteroatoms. The van der Waals surface area contributed by atoms with E-state index in [9.17, 15) is 4.79 Å². The molecule has 0 saturated carbocycles. The van der Waals surface area contributed by atoms with Crippen LogP contribution in [0.4, 0.5) is 10.5 Å². The molecule has 4 nitrogen and oxygen atoms in total. The Bertz CT molecular complexity index is 626. The molecule has 0 radical (unpaired) electrons. The molecule has 0 aliphatic rings. The quantitative estimate of drug-likeness (QED) is 0.851. The molecule has 2 amide bonds. The second-order valence-corrected chi connectivity index (χ2v) is 5.09. The van der Waals surface area contributed by atoms with Gasteiger partial charge in [-0.3, -0.25) is 0 Å².